The molecule has 9 heteroatoms. The van der Waals surface area contributed by atoms with E-state index in [1.165, 1.54) is 0 Å². The van der Waals surface area contributed by atoms with Gasteiger partial charge in [-0.2, -0.15) is 0 Å². The van der Waals surface area contributed by atoms with Gasteiger partial charge in [-0.15, -0.1) is 35.3 Å². The third-order valence-corrected chi connectivity index (χ3v) is 5.50. The lowest BCUT2D eigenvalue weighted by Gasteiger charge is -2.27. The first kappa shape index (κ1) is 25.3. The van der Waals surface area contributed by atoms with Gasteiger partial charge in [0.05, 0.1) is 26.5 Å². The van der Waals surface area contributed by atoms with Gasteiger partial charge < -0.3 is 25.0 Å². The Morgan fingerprint density at radius 3 is 2.41 bits per heavy atom. The van der Waals surface area contributed by atoms with E-state index in [0.29, 0.717) is 13.1 Å². The minimum Gasteiger partial charge on any atom is -0.493 e. The Labute approximate surface area is 194 Å². The molecule has 29 heavy (non-hydrogen) atoms. The van der Waals surface area contributed by atoms with Gasteiger partial charge in [0.2, 0.25) is 0 Å². The average Bonchev–Trinajstić information content (AvgIpc) is 3.16. The number of ether oxygens (including phenoxy) is 2. The number of hydrogen-bond donors (Lipinski definition) is 2. The highest BCUT2D eigenvalue weighted by atomic mass is 127. The van der Waals surface area contributed by atoms with Crippen LogP contribution in [0.2, 0.25) is 0 Å². The molecule has 0 aliphatic rings. The fourth-order valence-corrected chi connectivity index (χ4v) is 3.40. The molecule has 0 saturated carbocycles. The van der Waals surface area contributed by atoms with Gasteiger partial charge in [0.25, 0.3) is 0 Å². The molecule has 1 heterocycles. The van der Waals surface area contributed by atoms with E-state index in [4.69, 9.17) is 9.47 Å². The van der Waals surface area contributed by atoms with Crippen LogP contribution in [0.15, 0.2) is 28.6 Å². The Morgan fingerprint density at radius 2 is 1.86 bits per heavy atom. The Balaban J connectivity index is 0.00000420. The SMILES string of the molecule is CN=C(NCc1csc(N(C)C)n1)NCC(C)(C)c1ccc(OC)c(OC)c1.I. The number of guanidine groups is 1. The molecule has 0 radical (unpaired) electrons. The molecule has 1 aromatic heterocycles. The maximum atomic E-state index is 5.43. The summed E-state index contributed by atoms with van der Waals surface area (Å²) in [5, 5.41) is 9.78. The fourth-order valence-electron chi connectivity index (χ4n) is 2.64. The summed E-state index contributed by atoms with van der Waals surface area (Å²) >= 11 is 1.63. The first-order valence-electron chi connectivity index (χ1n) is 9.09. The van der Waals surface area contributed by atoms with E-state index in [9.17, 15) is 0 Å². The van der Waals surface area contributed by atoms with Crippen molar-refractivity contribution in [1.29, 1.82) is 0 Å². The van der Waals surface area contributed by atoms with Crippen LogP contribution in [0.4, 0.5) is 5.13 Å². The van der Waals surface area contributed by atoms with E-state index in [1.54, 1.807) is 32.6 Å². The number of benzene rings is 1. The molecular formula is C20H32IN5O2S. The molecule has 0 aliphatic carbocycles. The Bertz CT molecular complexity index is 808. The summed E-state index contributed by atoms with van der Waals surface area (Å²) in [6.45, 7) is 5.69. The smallest absolute Gasteiger partial charge is 0.191 e. The Kier molecular flexibility index (Phi) is 9.97. The molecule has 0 saturated heterocycles. The highest BCUT2D eigenvalue weighted by Crippen LogP contribution is 2.32. The Hall–Kier alpha value is -1.75. The van der Waals surface area contributed by atoms with E-state index in [0.717, 1.165) is 33.8 Å². The molecule has 0 aliphatic heterocycles. The third-order valence-electron chi connectivity index (χ3n) is 4.45. The van der Waals surface area contributed by atoms with Crippen molar-refractivity contribution in [3.05, 3.63) is 34.8 Å². The lowest BCUT2D eigenvalue weighted by molar-refractivity contribution is 0.353. The topological polar surface area (TPSA) is 71.0 Å². The van der Waals surface area contributed by atoms with Crippen LogP contribution in [-0.2, 0) is 12.0 Å². The third kappa shape index (κ3) is 6.91. The van der Waals surface area contributed by atoms with Gasteiger partial charge in [0.15, 0.2) is 22.6 Å². The van der Waals surface area contributed by atoms with Gasteiger partial charge in [-0.25, -0.2) is 4.98 Å². The summed E-state index contributed by atoms with van der Waals surface area (Å²) in [6, 6.07) is 6.03. The number of halogens is 1. The molecule has 0 unspecified atom stereocenters. The fraction of sp³-hybridized carbons (Fsp3) is 0.500. The molecule has 0 atom stereocenters. The van der Waals surface area contributed by atoms with Crippen molar-refractivity contribution in [2.24, 2.45) is 4.99 Å². The second kappa shape index (κ2) is 11.4. The monoisotopic (exact) mass is 533 g/mol. The predicted molar refractivity (Wildman–Crippen MR) is 133 cm³/mol. The van der Waals surface area contributed by atoms with Gasteiger partial charge in [-0.1, -0.05) is 19.9 Å². The number of thiazole rings is 1. The number of nitrogens with one attached hydrogen (secondary N) is 2. The molecule has 2 N–H and O–H groups in total. The maximum absolute atomic E-state index is 5.43. The van der Waals surface area contributed by atoms with Crippen molar-refractivity contribution in [3.63, 3.8) is 0 Å². The maximum Gasteiger partial charge on any atom is 0.191 e. The molecular weight excluding hydrogens is 501 g/mol. The summed E-state index contributed by atoms with van der Waals surface area (Å²) in [6.07, 6.45) is 0. The average molecular weight is 533 g/mol. The Morgan fingerprint density at radius 1 is 1.17 bits per heavy atom. The lowest BCUT2D eigenvalue weighted by atomic mass is 9.84. The number of rotatable bonds is 8. The number of aromatic nitrogens is 1. The summed E-state index contributed by atoms with van der Waals surface area (Å²) in [7, 11) is 9.05. The number of nitrogens with zero attached hydrogens (tertiary/aromatic N) is 3. The van der Waals surface area contributed by atoms with Crippen molar-refractivity contribution in [1.82, 2.24) is 15.6 Å². The highest BCUT2D eigenvalue weighted by molar-refractivity contribution is 14.0. The van der Waals surface area contributed by atoms with Gasteiger partial charge in [0.1, 0.15) is 0 Å². The van der Waals surface area contributed by atoms with Gasteiger partial charge in [-0.3, -0.25) is 4.99 Å². The minimum atomic E-state index is -0.129. The van der Waals surface area contributed by atoms with E-state index < -0.39 is 0 Å². The number of anilines is 1. The van der Waals surface area contributed by atoms with E-state index in [1.807, 2.05) is 31.1 Å². The molecule has 7 nitrogen and oxygen atoms in total. The normalized spacial score (nSPS) is 11.5. The number of hydrogen-bond acceptors (Lipinski definition) is 6. The van der Waals surface area contributed by atoms with E-state index in [2.05, 4.69) is 45.9 Å². The standard InChI is InChI=1S/C20H31N5O2S.HI/c1-20(2,14-8-9-16(26-6)17(10-14)27-7)13-23-18(21-3)22-11-15-12-28-19(24-15)25(4)5;/h8-10,12H,11,13H2,1-7H3,(H2,21,22,23);1H. The highest BCUT2D eigenvalue weighted by Gasteiger charge is 2.22. The van der Waals surface area contributed by atoms with E-state index in [-0.39, 0.29) is 29.4 Å². The van der Waals surface area contributed by atoms with Crippen molar-refractivity contribution in [2.75, 3.05) is 46.8 Å². The van der Waals surface area contributed by atoms with Crippen molar-refractivity contribution in [3.8, 4) is 11.5 Å². The minimum absolute atomic E-state index is 0. The summed E-state index contributed by atoms with van der Waals surface area (Å²) < 4.78 is 10.8. The van der Waals surface area contributed by atoms with Crippen LogP contribution in [0, 0.1) is 0 Å². The van der Waals surface area contributed by atoms with Crippen LogP contribution in [0.3, 0.4) is 0 Å². The molecule has 0 spiro atoms. The van der Waals surface area contributed by atoms with Crippen LogP contribution < -0.4 is 25.0 Å². The van der Waals surface area contributed by atoms with Crippen molar-refractivity contribution in [2.45, 2.75) is 25.8 Å². The number of methoxy groups -OCH3 is 2. The zero-order chi connectivity index (χ0) is 20.7. The quantitative estimate of drug-likeness (QED) is 0.308. The first-order chi connectivity index (χ1) is 13.3. The first-order valence-corrected chi connectivity index (χ1v) is 9.97. The second-order valence-corrected chi connectivity index (χ2v) is 8.09. The molecule has 1 aromatic carbocycles. The number of aliphatic imine (C=N–C) groups is 1. The molecule has 2 aromatic rings. The zero-order valence-corrected chi connectivity index (χ0v) is 21.3. The van der Waals surface area contributed by atoms with Gasteiger partial charge >= 0.3 is 0 Å². The lowest BCUT2D eigenvalue weighted by Crippen LogP contribution is -2.43. The molecule has 0 fully saturated rings. The van der Waals surface area contributed by atoms with Crippen LogP contribution in [0.1, 0.15) is 25.1 Å². The van der Waals surface area contributed by atoms with Crippen LogP contribution >= 0.6 is 35.3 Å². The predicted octanol–water partition coefficient (Wildman–Crippen LogP) is 3.49. The molecule has 0 amide bonds. The van der Waals surface area contributed by atoms with E-state index >= 15 is 0 Å². The van der Waals surface area contributed by atoms with Crippen molar-refractivity contribution < 1.29 is 9.47 Å². The molecule has 162 valence electrons. The largest absolute Gasteiger partial charge is 0.493 e. The zero-order valence-electron chi connectivity index (χ0n) is 18.2. The van der Waals surface area contributed by atoms with Crippen LogP contribution in [-0.4, -0.2) is 52.9 Å². The molecule has 2 rings (SSSR count). The summed E-state index contributed by atoms with van der Waals surface area (Å²) in [5.41, 5.74) is 2.02. The van der Waals surface area contributed by atoms with Gasteiger partial charge in [-0.05, 0) is 17.7 Å². The summed E-state index contributed by atoms with van der Waals surface area (Å²) in [4.78, 5) is 10.9. The van der Waals surface area contributed by atoms with Crippen LogP contribution in [0.25, 0.3) is 0 Å². The van der Waals surface area contributed by atoms with Gasteiger partial charge in [0, 0.05) is 38.5 Å². The van der Waals surface area contributed by atoms with Crippen LogP contribution in [0.5, 0.6) is 11.5 Å². The second-order valence-electron chi connectivity index (χ2n) is 7.25. The summed E-state index contributed by atoms with van der Waals surface area (Å²) in [5.74, 6) is 2.21. The molecule has 0 bridgehead atoms. The van der Waals surface area contributed by atoms with Crippen molar-refractivity contribution >= 4 is 46.4 Å².